The van der Waals surface area contributed by atoms with Crippen LogP contribution in [0.4, 0.5) is 0 Å². The van der Waals surface area contributed by atoms with Gasteiger partial charge in [0, 0.05) is 31.2 Å². The number of carbonyl (C=O) groups excluding carboxylic acids is 1. The molecule has 1 aromatic carbocycles. The normalized spacial score (nSPS) is 16.5. The lowest BCUT2D eigenvalue weighted by Gasteiger charge is -2.26. The molecule has 0 saturated carbocycles. The molecule has 0 radical (unpaired) electrons. The lowest BCUT2D eigenvalue weighted by atomic mass is 10.1. The summed E-state index contributed by atoms with van der Waals surface area (Å²) in [6, 6.07) is 11.3. The van der Waals surface area contributed by atoms with E-state index < -0.39 is 0 Å². The molecule has 0 aliphatic carbocycles. The van der Waals surface area contributed by atoms with Crippen molar-refractivity contribution in [3.63, 3.8) is 0 Å². The van der Waals surface area contributed by atoms with E-state index in [-0.39, 0.29) is 11.3 Å². The first-order chi connectivity index (χ1) is 13.8. The Morgan fingerprint density at radius 2 is 1.71 bits per heavy atom. The molecule has 3 aromatic rings. The van der Waals surface area contributed by atoms with E-state index >= 15 is 0 Å². The van der Waals surface area contributed by atoms with Gasteiger partial charge in [-0.3, -0.25) is 19.1 Å². The van der Waals surface area contributed by atoms with E-state index in [0.29, 0.717) is 22.3 Å². The molecule has 1 saturated heterocycles. The zero-order valence-electron chi connectivity index (χ0n) is 15.8. The molecule has 2 aliphatic rings. The highest BCUT2D eigenvalue weighted by molar-refractivity contribution is 6.09. The summed E-state index contributed by atoms with van der Waals surface area (Å²) >= 11 is 0. The molecule has 144 valence electrons. The van der Waals surface area contributed by atoms with Crippen LogP contribution in [0.2, 0.25) is 0 Å². The van der Waals surface area contributed by atoms with Crippen molar-refractivity contribution in [2.45, 2.75) is 19.4 Å². The van der Waals surface area contributed by atoms with E-state index in [4.69, 9.17) is 4.74 Å². The molecule has 2 aromatic heterocycles. The van der Waals surface area contributed by atoms with E-state index in [2.05, 4.69) is 9.47 Å². The van der Waals surface area contributed by atoms with Gasteiger partial charge in [-0.2, -0.15) is 0 Å². The molecule has 6 nitrogen and oxygen atoms in total. The minimum absolute atomic E-state index is 0.0547. The minimum atomic E-state index is -0.106. The van der Waals surface area contributed by atoms with Gasteiger partial charge in [-0.05, 0) is 43.7 Å². The van der Waals surface area contributed by atoms with Crippen LogP contribution in [0.15, 0.2) is 47.4 Å². The molecule has 6 heteroatoms. The number of unbranched alkanes of at least 4 members (excludes halogenated alkanes) is 1. The number of hydrogen-bond donors (Lipinski definition) is 0. The fourth-order valence-corrected chi connectivity index (χ4v) is 4.40. The van der Waals surface area contributed by atoms with Crippen LogP contribution >= 0.6 is 0 Å². The number of aromatic nitrogens is 2. The Hall–Kier alpha value is -2.70. The predicted octanol–water partition coefficient (Wildman–Crippen LogP) is 2.58. The summed E-state index contributed by atoms with van der Waals surface area (Å²) in [5.74, 6) is -0.106. The van der Waals surface area contributed by atoms with Crippen molar-refractivity contribution >= 4 is 16.8 Å². The highest BCUT2D eigenvalue weighted by atomic mass is 16.5. The van der Waals surface area contributed by atoms with Crippen molar-refractivity contribution in [2.24, 2.45) is 0 Å². The zero-order chi connectivity index (χ0) is 19.1. The van der Waals surface area contributed by atoms with Gasteiger partial charge in [0.05, 0.1) is 30.0 Å². The molecular formula is C22H23N3O3. The molecular weight excluding hydrogens is 354 g/mol. The maximum atomic E-state index is 13.1. The Bertz CT molecular complexity index is 1110. The second-order valence-corrected chi connectivity index (χ2v) is 7.45. The molecule has 5 rings (SSSR count). The number of nitrogens with zero attached hydrogens (tertiary/aromatic N) is 3. The van der Waals surface area contributed by atoms with Crippen molar-refractivity contribution < 1.29 is 9.53 Å². The molecule has 0 unspecified atom stereocenters. The molecule has 0 bridgehead atoms. The molecule has 0 N–H and O–H groups in total. The van der Waals surface area contributed by atoms with Gasteiger partial charge in [0.25, 0.3) is 5.91 Å². The van der Waals surface area contributed by atoms with Crippen molar-refractivity contribution in [3.8, 4) is 11.3 Å². The Balaban J connectivity index is 1.49. The monoisotopic (exact) mass is 377 g/mol. The van der Waals surface area contributed by atoms with Gasteiger partial charge in [0.2, 0.25) is 0 Å². The summed E-state index contributed by atoms with van der Waals surface area (Å²) in [5.41, 5.74) is 2.57. The van der Waals surface area contributed by atoms with Crippen LogP contribution in [0, 0.1) is 0 Å². The Labute approximate surface area is 162 Å². The van der Waals surface area contributed by atoms with Crippen molar-refractivity contribution in [3.05, 3.63) is 58.5 Å². The number of fused-ring (bicyclic) bond motifs is 4. The number of carbonyl (C=O) groups is 1. The van der Waals surface area contributed by atoms with Crippen LogP contribution in [-0.4, -0.2) is 52.8 Å². The molecule has 0 amide bonds. The third kappa shape index (κ3) is 2.72. The second-order valence-electron chi connectivity index (χ2n) is 7.45. The first kappa shape index (κ1) is 17.4. The Morgan fingerprint density at radius 1 is 0.929 bits per heavy atom. The molecule has 1 fully saturated rings. The maximum absolute atomic E-state index is 13.1. The minimum Gasteiger partial charge on any atom is -0.379 e. The molecule has 0 atom stereocenters. The lowest BCUT2D eigenvalue weighted by molar-refractivity contribution is 0.0371. The molecule has 28 heavy (non-hydrogen) atoms. The highest BCUT2D eigenvalue weighted by Gasteiger charge is 2.32. The zero-order valence-corrected chi connectivity index (χ0v) is 15.8. The number of aryl methyl sites for hydroxylation is 1. The standard InChI is InChI=1S/C22H23N3O3/c26-21-16-6-1-2-7-17(16)24(10-4-3-9-23-12-14-28-15-13-23)20-19(21)18-8-5-11-25(18)22(20)27/h1-2,5-8,11H,3-4,9-10,12-15H2. The molecule has 2 aliphatic heterocycles. The van der Waals surface area contributed by atoms with Gasteiger partial charge < -0.3 is 9.30 Å². The topological polar surface area (TPSA) is 56.5 Å². The third-order valence-corrected chi connectivity index (χ3v) is 5.81. The fraction of sp³-hybridized carbons (Fsp3) is 0.364. The van der Waals surface area contributed by atoms with Crippen LogP contribution in [0.25, 0.3) is 22.2 Å². The largest absolute Gasteiger partial charge is 0.379 e. The van der Waals surface area contributed by atoms with E-state index in [1.54, 1.807) is 10.8 Å². The summed E-state index contributed by atoms with van der Waals surface area (Å²) in [6.45, 7) is 5.37. The van der Waals surface area contributed by atoms with Crippen LogP contribution < -0.4 is 5.43 Å². The summed E-state index contributed by atoms with van der Waals surface area (Å²) < 4.78 is 9.05. The van der Waals surface area contributed by atoms with Crippen LogP contribution in [0.1, 0.15) is 23.3 Å². The van der Waals surface area contributed by atoms with Gasteiger partial charge in [-0.1, -0.05) is 12.1 Å². The number of hydrogen-bond acceptors (Lipinski definition) is 4. The van der Waals surface area contributed by atoms with E-state index in [1.807, 2.05) is 36.4 Å². The SMILES string of the molecule is O=C1c2c(c(=O)c3ccccc3n2CCCCN2CCOCC2)-c2cccn21. The smallest absolute Gasteiger partial charge is 0.279 e. The van der Waals surface area contributed by atoms with Crippen LogP contribution in [0.3, 0.4) is 0 Å². The molecule has 0 spiro atoms. The predicted molar refractivity (Wildman–Crippen MR) is 108 cm³/mol. The lowest BCUT2D eigenvalue weighted by Crippen LogP contribution is -2.36. The number of benzene rings is 1. The summed E-state index contributed by atoms with van der Waals surface area (Å²) in [6.07, 6.45) is 3.75. The van der Waals surface area contributed by atoms with Gasteiger partial charge in [-0.15, -0.1) is 0 Å². The van der Waals surface area contributed by atoms with Crippen LogP contribution in [0.5, 0.6) is 0 Å². The van der Waals surface area contributed by atoms with Gasteiger partial charge in [0.1, 0.15) is 5.69 Å². The van der Waals surface area contributed by atoms with E-state index in [0.717, 1.165) is 57.8 Å². The number of rotatable bonds is 5. The third-order valence-electron chi connectivity index (χ3n) is 5.81. The maximum Gasteiger partial charge on any atom is 0.279 e. The highest BCUT2D eigenvalue weighted by Crippen LogP contribution is 2.32. The van der Waals surface area contributed by atoms with Crippen molar-refractivity contribution in [1.82, 2.24) is 14.0 Å². The Kier molecular flexibility index (Phi) is 4.37. The number of morpholine rings is 1. The van der Waals surface area contributed by atoms with E-state index in [9.17, 15) is 9.59 Å². The quantitative estimate of drug-likeness (QED) is 0.502. The van der Waals surface area contributed by atoms with E-state index in [1.165, 1.54) is 0 Å². The number of para-hydroxylation sites is 1. The number of pyridine rings is 1. The van der Waals surface area contributed by atoms with Crippen molar-refractivity contribution in [1.29, 1.82) is 0 Å². The average Bonchev–Trinajstić information content (AvgIpc) is 3.31. The van der Waals surface area contributed by atoms with Gasteiger partial charge in [0.15, 0.2) is 5.43 Å². The molecule has 4 heterocycles. The van der Waals surface area contributed by atoms with Gasteiger partial charge in [-0.25, -0.2) is 0 Å². The first-order valence-electron chi connectivity index (χ1n) is 9.94. The fourth-order valence-electron chi connectivity index (χ4n) is 4.40. The first-order valence-corrected chi connectivity index (χ1v) is 9.94. The van der Waals surface area contributed by atoms with Crippen molar-refractivity contribution in [2.75, 3.05) is 32.8 Å². The Morgan fingerprint density at radius 3 is 2.57 bits per heavy atom. The van der Waals surface area contributed by atoms with Crippen LogP contribution in [-0.2, 0) is 11.3 Å². The second kappa shape index (κ2) is 7.04. The number of ether oxygens (including phenoxy) is 1. The average molecular weight is 377 g/mol. The summed E-state index contributed by atoms with van der Waals surface area (Å²) in [7, 11) is 0. The summed E-state index contributed by atoms with van der Waals surface area (Å²) in [4.78, 5) is 28.6. The van der Waals surface area contributed by atoms with Gasteiger partial charge >= 0.3 is 0 Å². The summed E-state index contributed by atoms with van der Waals surface area (Å²) in [5, 5.41) is 0.678.